The molecule has 0 aliphatic heterocycles. The fourth-order valence-corrected chi connectivity index (χ4v) is 6.56. The maximum Gasteiger partial charge on any atom is 0.136 e. The van der Waals surface area contributed by atoms with Crippen LogP contribution in [0.1, 0.15) is 52.7 Å². The van der Waals surface area contributed by atoms with E-state index < -0.39 is 0 Å². The summed E-state index contributed by atoms with van der Waals surface area (Å²) >= 11 is 0. The zero-order valence-corrected chi connectivity index (χ0v) is 33.3. The Balaban J connectivity index is 0.00000481. The topological polar surface area (TPSA) is 49.2 Å². The van der Waals surface area contributed by atoms with E-state index >= 15 is 0 Å². The molecule has 0 aliphatic rings. The third kappa shape index (κ3) is 8.04. The first-order valence-corrected chi connectivity index (χ1v) is 17.8. The molecule has 0 aliphatic carbocycles. The van der Waals surface area contributed by atoms with Crippen molar-refractivity contribution in [2.45, 2.75) is 52.4 Å². The van der Waals surface area contributed by atoms with Crippen molar-refractivity contribution < 1.29 is 26.2 Å². The van der Waals surface area contributed by atoms with Gasteiger partial charge in [0.1, 0.15) is 11.6 Å². The Bertz CT molecular complexity index is 2330. The van der Waals surface area contributed by atoms with Gasteiger partial charge in [-0.25, -0.2) is 4.98 Å². The van der Waals surface area contributed by atoms with Gasteiger partial charge in [-0.15, -0.1) is 29.8 Å². The van der Waals surface area contributed by atoms with Gasteiger partial charge in [0.2, 0.25) is 0 Å². The van der Waals surface area contributed by atoms with Crippen molar-refractivity contribution in [3.05, 3.63) is 169 Å². The molecular formula is C48H44N3OPt-. The summed E-state index contributed by atoms with van der Waals surface area (Å²) in [4.78, 5) is 12.3. The second-order valence-corrected chi connectivity index (χ2v) is 15.3. The molecule has 7 aromatic rings. The molecule has 0 bridgehead atoms. The van der Waals surface area contributed by atoms with E-state index in [1.807, 2.05) is 54.7 Å². The van der Waals surface area contributed by atoms with Crippen molar-refractivity contribution in [1.82, 2.24) is 9.97 Å². The average molecular weight is 874 g/mol. The molecule has 4 nitrogen and oxygen atoms in total. The second-order valence-electron chi connectivity index (χ2n) is 15.3. The van der Waals surface area contributed by atoms with Crippen molar-refractivity contribution in [3.8, 4) is 50.5 Å². The van der Waals surface area contributed by atoms with Crippen molar-refractivity contribution >= 4 is 17.2 Å². The summed E-state index contributed by atoms with van der Waals surface area (Å²) in [6, 6.07) is 53.5. The predicted octanol–water partition coefficient (Wildman–Crippen LogP) is 12.7. The molecule has 0 saturated heterocycles. The number of nitrogens with zero attached hydrogens (tertiary/aromatic N) is 3. The number of benzene rings is 5. The van der Waals surface area contributed by atoms with E-state index in [2.05, 4.69) is 150 Å². The molecule has 0 radical (unpaired) electrons. The Morgan fingerprint density at radius 2 is 1.25 bits per heavy atom. The molecule has 2 aromatic heterocycles. The van der Waals surface area contributed by atoms with Crippen LogP contribution in [0.3, 0.4) is 0 Å². The zero-order valence-electron chi connectivity index (χ0n) is 31.0. The smallest absolute Gasteiger partial charge is 0.136 e. The summed E-state index contributed by atoms with van der Waals surface area (Å²) in [5.74, 6) is 1.05. The summed E-state index contributed by atoms with van der Waals surface area (Å²) in [6.07, 6.45) is 1.82. The van der Waals surface area contributed by atoms with Crippen LogP contribution in [0.2, 0.25) is 0 Å². The fourth-order valence-electron chi connectivity index (χ4n) is 6.56. The number of aromatic hydroxyl groups is 1. The molecule has 0 amide bonds. The van der Waals surface area contributed by atoms with E-state index in [4.69, 9.17) is 9.97 Å². The van der Waals surface area contributed by atoms with Crippen LogP contribution in [0.15, 0.2) is 152 Å². The van der Waals surface area contributed by atoms with Crippen LogP contribution in [-0.4, -0.2) is 15.1 Å². The largest absolute Gasteiger partial charge is 0.507 e. The SMILES string of the molecule is CC(C)(C)c1cc(-c2ccc(-c3ccccc3)c(-c3[c-]c(N(c4cccc(-c5ccccc5)c4)c4ccccn4)ccc3)n2)c(O)c(C(C)(C)C)c1.[Pt]. The summed E-state index contributed by atoms with van der Waals surface area (Å²) in [6.45, 7) is 13.0. The van der Waals surface area contributed by atoms with Gasteiger partial charge in [-0.2, -0.15) is 0 Å². The van der Waals surface area contributed by atoms with Crippen LogP contribution < -0.4 is 4.90 Å². The van der Waals surface area contributed by atoms with Crippen molar-refractivity contribution in [2.75, 3.05) is 4.90 Å². The number of pyridine rings is 2. The minimum Gasteiger partial charge on any atom is -0.507 e. The van der Waals surface area contributed by atoms with Crippen LogP contribution in [0, 0.1) is 6.07 Å². The molecule has 0 spiro atoms. The van der Waals surface area contributed by atoms with Crippen molar-refractivity contribution in [3.63, 3.8) is 0 Å². The average Bonchev–Trinajstić information content (AvgIpc) is 3.15. The third-order valence-corrected chi connectivity index (χ3v) is 9.41. The first-order chi connectivity index (χ1) is 25.0. The van der Waals surface area contributed by atoms with Crippen LogP contribution >= 0.6 is 0 Å². The van der Waals surface area contributed by atoms with Gasteiger partial charge >= 0.3 is 0 Å². The van der Waals surface area contributed by atoms with Gasteiger partial charge in [-0.05, 0) is 86.4 Å². The standard InChI is InChI=1S/C48H44N3O.Pt/c1-47(2,3)37-31-41(46(52)42(32-37)48(4,5)6)43-27-26-40(34-19-11-8-12-20-34)45(50-43)36-22-16-24-39(30-36)51(44-25-13-14-28-49-44)38-23-15-21-35(29-38)33-17-9-7-10-18-33;/h7-29,31-32,52H,1-6H3;/q-1;. The van der Waals surface area contributed by atoms with E-state index in [-0.39, 0.29) is 37.6 Å². The fraction of sp³-hybridized carbons (Fsp3) is 0.167. The minimum atomic E-state index is -0.262. The molecule has 5 aromatic carbocycles. The minimum absolute atomic E-state index is 0. The number of phenolic OH excluding ortho intramolecular Hbond substituents is 1. The number of hydrogen-bond donors (Lipinski definition) is 1. The molecule has 1 N–H and O–H groups in total. The first kappa shape index (κ1) is 37.4. The van der Waals surface area contributed by atoms with Crippen molar-refractivity contribution in [2.24, 2.45) is 0 Å². The van der Waals surface area contributed by atoms with Gasteiger partial charge in [0, 0.05) is 44.1 Å². The molecule has 0 fully saturated rings. The van der Waals surface area contributed by atoms with Gasteiger partial charge in [0.05, 0.1) is 5.69 Å². The number of phenols is 1. The van der Waals surface area contributed by atoms with E-state index in [1.54, 1.807) is 0 Å². The normalized spacial score (nSPS) is 11.5. The zero-order chi connectivity index (χ0) is 36.5. The van der Waals surface area contributed by atoms with Gasteiger partial charge < -0.3 is 10.0 Å². The number of aromatic nitrogens is 2. The van der Waals surface area contributed by atoms with Crippen LogP contribution in [-0.2, 0) is 31.9 Å². The van der Waals surface area contributed by atoms with Gasteiger partial charge in [0.15, 0.2) is 0 Å². The van der Waals surface area contributed by atoms with Gasteiger partial charge in [0.25, 0.3) is 0 Å². The van der Waals surface area contributed by atoms with E-state index in [1.165, 1.54) is 0 Å². The second kappa shape index (κ2) is 15.3. The number of anilines is 3. The maximum absolute atomic E-state index is 11.8. The summed E-state index contributed by atoms with van der Waals surface area (Å²) < 4.78 is 0. The summed E-state index contributed by atoms with van der Waals surface area (Å²) in [5, 5.41) is 11.8. The number of hydrogen-bond acceptors (Lipinski definition) is 4. The van der Waals surface area contributed by atoms with Gasteiger partial charge in [-0.3, -0.25) is 4.98 Å². The maximum atomic E-state index is 11.8. The summed E-state index contributed by atoms with van der Waals surface area (Å²) in [5.41, 5.74) is 10.8. The molecule has 53 heavy (non-hydrogen) atoms. The van der Waals surface area contributed by atoms with Gasteiger partial charge in [-0.1, -0.05) is 133 Å². The Hall–Kier alpha value is -5.31. The molecule has 0 atom stereocenters. The van der Waals surface area contributed by atoms with Crippen LogP contribution in [0.25, 0.3) is 44.8 Å². The number of rotatable bonds is 7. The molecule has 0 saturated carbocycles. The molecule has 2 heterocycles. The molecule has 7 rings (SSSR count). The molecule has 268 valence electrons. The van der Waals surface area contributed by atoms with E-state index in [0.29, 0.717) is 5.69 Å². The van der Waals surface area contributed by atoms with Crippen LogP contribution in [0.5, 0.6) is 5.75 Å². The first-order valence-electron chi connectivity index (χ1n) is 17.8. The monoisotopic (exact) mass is 873 g/mol. The Labute approximate surface area is 328 Å². The summed E-state index contributed by atoms with van der Waals surface area (Å²) in [7, 11) is 0. The van der Waals surface area contributed by atoms with E-state index in [9.17, 15) is 5.11 Å². The molecular weight excluding hydrogens is 830 g/mol. The third-order valence-electron chi connectivity index (χ3n) is 9.41. The van der Waals surface area contributed by atoms with E-state index in [0.717, 1.165) is 67.4 Å². The molecule has 0 unspecified atom stereocenters. The van der Waals surface area contributed by atoms with Crippen molar-refractivity contribution in [1.29, 1.82) is 0 Å². The Morgan fingerprint density at radius 3 is 1.91 bits per heavy atom. The molecule has 5 heteroatoms. The quantitative estimate of drug-likeness (QED) is 0.162. The Kier molecular flexibility index (Phi) is 10.8. The predicted molar refractivity (Wildman–Crippen MR) is 216 cm³/mol. The van der Waals surface area contributed by atoms with Crippen LogP contribution in [0.4, 0.5) is 17.2 Å². The Morgan fingerprint density at radius 1 is 0.585 bits per heavy atom.